The zero-order valence-electron chi connectivity index (χ0n) is 15.2. The van der Waals surface area contributed by atoms with Gasteiger partial charge in [0.25, 0.3) is 5.91 Å². The maximum atomic E-state index is 14.2. The summed E-state index contributed by atoms with van der Waals surface area (Å²) < 4.78 is 35.1. The fourth-order valence-corrected chi connectivity index (χ4v) is 3.73. The summed E-state index contributed by atoms with van der Waals surface area (Å²) in [5.74, 6) is -1.41. The molecule has 2 aromatic rings. The maximum absolute atomic E-state index is 14.2. The summed E-state index contributed by atoms with van der Waals surface area (Å²) in [7, 11) is 1.57. The predicted octanol–water partition coefficient (Wildman–Crippen LogP) is 3.38. The minimum Gasteiger partial charge on any atom is -0.383 e. The van der Waals surface area contributed by atoms with Gasteiger partial charge in [-0.2, -0.15) is 0 Å². The number of hydrogen-bond donors (Lipinski definition) is 1. The van der Waals surface area contributed by atoms with E-state index >= 15 is 0 Å². The fourth-order valence-electron chi connectivity index (χ4n) is 3.73. The monoisotopic (exact) mass is 362 g/mol. The van der Waals surface area contributed by atoms with E-state index in [1.54, 1.807) is 11.7 Å². The SMILES string of the molecule is COCCNC(=O)c1c(C)c2c(n1Cc1c(F)cccc1F)CCCC2. The van der Waals surface area contributed by atoms with Crippen molar-refractivity contribution in [3.63, 3.8) is 0 Å². The van der Waals surface area contributed by atoms with Crippen molar-refractivity contribution in [2.24, 2.45) is 0 Å². The lowest BCUT2D eigenvalue weighted by Crippen LogP contribution is -2.30. The van der Waals surface area contributed by atoms with Gasteiger partial charge >= 0.3 is 0 Å². The smallest absolute Gasteiger partial charge is 0.268 e. The van der Waals surface area contributed by atoms with Gasteiger partial charge in [-0.1, -0.05) is 6.07 Å². The van der Waals surface area contributed by atoms with Crippen LogP contribution in [0.25, 0.3) is 0 Å². The molecule has 0 spiro atoms. The molecular formula is C20H24F2N2O2. The first kappa shape index (κ1) is 18.6. The van der Waals surface area contributed by atoms with E-state index < -0.39 is 11.6 Å². The summed E-state index contributed by atoms with van der Waals surface area (Å²) in [5.41, 5.74) is 3.56. The summed E-state index contributed by atoms with van der Waals surface area (Å²) in [6, 6.07) is 3.85. The third-order valence-electron chi connectivity index (χ3n) is 5.03. The molecule has 1 aliphatic carbocycles. The van der Waals surface area contributed by atoms with Gasteiger partial charge in [0.05, 0.1) is 13.2 Å². The lowest BCUT2D eigenvalue weighted by molar-refractivity contribution is 0.0927. The van der Waals surface area contributed by atoms with Crippen molar-refractivity contribution < 1.29 is 18.3 Å². The van der Waals surface area contributed by atoms with Gasteiger partial charge in [-0.05, 0) is 55.9 Å². The minimum absolute atomic E-state index is 0.0122. The number of hydrogen-bond acceptors (Lipinski definition) is 2. The Morgan fingerprint density at radius 3 is 2.62 bits per heavy atom. The molecule has 3 rings (SSSR count). The van der Waals surface area contributed by atoms with Crippen LogP contribution in [0.4, 0.5) is 8.78 Å². The average Bonchev–Trinajstić information content (AvgIpc) is 2.91. The third-order valence-corrected chi connectivity index (χ3v) is 5.03. The Bertz CT molecular complexity index is 794. The summed E-state index contributed by atoms with van der Waals surface area (Å²) in [6.45, 7) is 2.73. The number of fused-ring (bicyclic) bond motifs is 1. The summed E-state index contributed by atoms with van der Waals surface area (Å²) in [4.78, 5) is 12.8. The number of nitrogens with zero attached hydrogens (tertiary/aromatic N) is 1. The summed E-state index contributed by atoms with van der Waals surface area (Å²) in [6.07, 6.45) is 3.79. The van der Waals surface area contributed by atoms with Crippen LogP contribution in [0.15, 0.2) is 18.2 Å². The van der Waals surface area contributed by atoms with Crippen LogP contribution in [0.2, 0.25) is 0 Å². The quantitative estimate of drug-likeness (QED) is 0.801. The highest BCUT2D eigenvalue weighted by Crippen LogP contribution is 2.31. The molecule has 140 valence electrons. The van der Waals surface area contributed by atoms with Gasteiger partial charge in [-0.3, -0.25) is 4.79 Å². The summed E-state index contributed by atoms with van der Waals surface area (Å²) in [5, 5.41) is 2.83. The van der Waals surface area contributed by atoms with Crippen molar-refractivity contribution in [3.05, 3.63) is 57.9 Å². The van der Waals surface area contributed by atoms with E-state index in [1.807, 2.05) is 6.92 Å². The van der Waals surface area contributed by atoms with Crippen LogP contribution in [0.5, 0.6) is 0 Å². The van der Waals surface area contributed by atoms with Crippen LogP contribution in [0.3, 0.4) is 0 Å². The highest BCUT2D eigenvalue weighted by molar-refractivity contribution is 5.95. The van der Waals surface area contributed by atoms with Crippen molar-refractivity contribution >= 4 is 5.91 Å². The number of nitrogens with one attached hydrogen (secondary N) is 1. The molecular weight excluding hydrogens is 338 g/mol. The van der Waals surface area contributed by atoms with Gasteiger partial charge in [0, 0.05) is 24.9 Å². The Balaban J connectivity index is 2.03. The first-order chi connectivity index (χ1) is 12.5. The molecule has 6 heteroatoms. The van der Waals surface area contributed by atoms with Crippen LogP contribution in [0, 0.1) is 18.6 Å². The van der Waals surface area contributed by atoms with Gasteiger partial charge in [-0.15, -0.1) is 0 Å². The predicted molar refractivity (Wildman–Crippen MR) is 95.5 cm³/mol. The molecule has 1 amide bonds. The number of carbonyl (C=O) groups excluding carboxylic acids is 1. The lowest BCUT2D eigenvalue weighted by Gasteiger charge is -2.18. The molecule has 1 aromatic heterocycles. The van der Waals surface area contributed by atoms with Crippen LogP contribution in [0.1, 0.15) is 45.7 Å². The zero-order valence-corrected chi connectivity index (χ0v) is 15.2. The molecule has 0 fully saturated rings. The molecule has 1 aliphatic rings. The van der Waals surface area contributed by atoms with E-state index in [0.29, 0.717) is 18.8 Å². The normalized spacial score (nSPS) is 13.5. The van der Waals surface area contributed by atoms with E-state index in [0.717, 1.165) is 42.5 Å². The second kappa shape index (κ2) is 7.99. The Hall–Kier alpha value is -2.21. The maximum Gasteiger partial charge on any atom is 0.268 e. The van der Waals surface area contributed by atoms with Gasteiger partial charge in [0.2, 0.25) is 0 Å². The van der Waals surface area contributed by atoms with Crippen LogP contribution >= 0.6 is 0 Å². The first-order valence-electron chi connectivity index (χ1n) is 8.95. The number of methoxy groups -OCH3 is 1. The molecule has 1 aromatic carbocycles. The molecule has 0 aliphatic heterocycles. The van der Waals surface area contributed by atoms with E-state index in [-0.39, 0.29) is 18.0 Å². The van der Waals surface area contributed by atoms with Gasteiger partial charge in [0.1, 0.15) is 17.3 Å². The third kappa shape index (κ3) is 3.51. The molecule has 0 unspecified atom stereocenters. The molecule has 0 saturated carbocycles. The number of halogens is 2. The molecule has 4 nitrogen and oxygen atoms in total. The minimum atomic E-state index is -0.591. The van der Waals surface area contributed by atoms with Gasteiger partial charge < -0.3 is 14.6 Å². The Morgan fingerprint density at radius 2 is 1.92 bits per heavy atom. The second-order valence-electron chi connectivity index (χ2n) is 6.64. The van der Waals surface area contributed by atoms with Crippen molar-refractivity contribution in [1.29, 1.82) is 0 Å². The van der Waals surface area contributed by atoms with Gasteiger partial charge in [0.15, 0.2) is 0 Å². The van der Waals surface area contributed by atoms with Crippen molar-refractivity contribution in [1.82, 2.24) is 9.88 Å². The lowest BCUT2D eigenvalue weighted by atomic mass is 9.95. The molecule has 1 heterocycles. The number of carbonyl (C=O) groups is 1. The van der Waals surface area contributed by atoms with E-state index in [2.05, 4.69) is 5.32 Å². The van der Waals surface area contributed by atoms with Crippen LogP contribution in [-0.4, -0.2) is 30.7 Å². The summed E-state index contributed by atoms with van der Waals surface area (Å²) >= 11 is 0. The molecule has 0 atom stereocenters. The Morgan fingerprint density at radius 1 is 1.23 bits per heavy atom. The molecule has 1 N–H and O–H groups in total. The Labute approximate surface area is 152 Å². The molecule has 0 saturated heterocycles. The fraction of sp³-hybridized carbons (Fsp3) is 0.450. The van der Waals surface area contributed by atoms with Crippen molar-refractivity contribution in [2.75, 3.05) is 20.3 Å². The van der Waals surface area contributed by atoms with E-state index in [4.69, 9.17) is 4.74 Å². The number of amides is 1. The Kier molecular flexibility index (Phi) is 5.71. The largest absolute Gasteiger partial charge is 0.383 e. The van der Waals surface area contributed by atoms with Gasteiger partial charge in [-0.25, -0.2) is 8.78 Å². The number of benzene rings is 1. The highest BCUT2D eigenvalue weighted by Gasteiger charge is 2.27. The van der Waals surface area contributed by atoms with Crippen LogP contribution < -0.4 is 5.32 Å². The topological polar surface area (TPSA) is 43.3 Å². The zero-order chi connectivity index (χ0) is 18.7. The standard InChI is InChI=1S/C20H24F2N2O2/c1-13-14-6-3-4-9-18(14)24(19(13)20(25)23-10-11-26-2)12-15-16(21)7-5-8-17(15)22/h5,7-8H,3-4,6,9-12H2,1-2H3,(H,23,25). The number of ether oxygens (including phenoxy) is 1. The highest BCUT2D eigenvalue weighted by atomic mass is 19.1. The second-order valence-corrected chi connectivity index (χ2v) is 6.64. The van der Waals surface area contributed by atoms with Crippen molar-refractivity contribution in [2.45, 2.75) is 39.2 Å². The number of rotatable bonds is 6. The molecule has 26 heavy (non-hydrogen) atoms. The van der Waals surface area contributed by atoms with Crippen LogP contribution in [-0.2, 0) is 24.1 Å². The molecule has 0 radical (unpaired) electrons. The molecule has 0 bridgehead atoms. The van der Waals surface area contributed by atoms with E-state index in [9.17, 15) is 13.6 Å². The number of aromatic nitrogens is 1. The van der Waals surface area contributed by atoms with E-state index in [1.165, 1.54) is 18.2 Å². The first-order valence-corrected chi connectivity index (χ1v) is 8.95. The average molecular weight is 362 g/mol. The van der Waals surface area contributed by atoms with Crippen molar-refractivity contribution in [3.8, 4) is 0 Å².